The summed E-state index contributed by atoms with van der Waals surface area (Å²) in [5, 5.41) is 0. The Bertz CT molecular complexity index is 1390. The molecule has 1 aliphatic rings. The maximum Gasteiger partial charge on any atom is 0.338 e. The van der Waals surface area contributed by atoms with Gasteiger partial charge in [0.25, 0.3) is 5.56 Å². The topological polar surface area (TPSA) is 69.9 Å². The molecule has 0 amide bonds. The second kappa shape index (κ2) is 9.26. The van der Waals surface area contributed by atoms with Crippen LogP contribution in [0.15, 0.2) is 74.1 Å². The van der Waals surface area contributed by atoms with Crippen LogP contribution in [0.4, 0.5) is 0 Å². The minimum atomic E-state index is -0.624. The van der Waals surface area contributed by atoms with Gasteiger partial charge in [-0.1, -0.05) is 51.5 Å². The molecule has 0 aliphatic carbocycles. The zero-order valence-electron chi connectivity index (χ0n) is 17.8. The molecule has 3 aromatic rings. The summed E-state index contributed by atoms with van der Waals surface area (Å²) in [6.07, 6.45) is 1.82. The highest BCUT2D eigenvalue weighted by molar-refractivity contribution is 9.10. The predicted molar refractivity (Wildman–Crippen MR) is 128 cm³/mol. The lowest BCUT2D eigenvalue weighted by Crippen LogP contribution is -2.39. The Morgan fingerprint density at radius 2 is 2.00 bits per heavy atom. The van der Waals surface area contributed by atoms with E-state index in [9.17, 15) is 9.59 Å². The van der Waals surface area contributed by atoms with Crippen molar-refractivity contribution in [1.29, 1.82) is 0 Å². The molecule has 1 aromatic heterocycles. The molecule has 0 saturated heterocycles. The molecule has 0 spiro atoms. The summed E-state index contributed by atoms with van der Waals surface area (Å²) in [5.74, 6) is 0.274. The maximum atomic E-state index is 13.5. The Hall–Kier alpha value is -2.97. The average molecular weight is 513 g/mol. The van der Waals surface area contributed by atoms with Crippen molar-refractivity contribution in [2.45, 2.75) is 19.9 Å². The van der Waals surface area contributed by atoms with Gasteiger partial charge in [-0.15, -0.1) is 0 Å². The van der Waals surface area contributed by atoms with Crippen LogP contribution in [0, 0.1) is 0 Å². The summed E-state index contributed by atoms with van der Waals surface area (Å²) < 4.78 is 13.5. The molecule has 4 rings (SSSR count). The molecule has 0 fully saturated rings. The predicted octanol–water partition coefficient (Wildman–Crippen LogP) is 3.57. The molecule has 2 heterocycles. The van der Waals surface area contributed by atoms with E-state index in [2.05, 4.69) is 20.9 Å². The number of aromatic nitrogens is 1. The van der Waals surface area contributed by atoms with E-state index in [1.807, 2.05) is 54.6 Å². The third kappa shape index (κ3) is 4.20. The number of esters is 1. The SMILES string of the molecule is CCOC(=O)C1=C(C)N=c2sc(=Cc3ccc(OC)cc3)c(=O)n2C1c1cccc(Br)c1. The highest BCUT2D eigenvalue weighted by atomic mass is 79.9. The maximum absolute atomic E-state index is 13.5. The van der Waals surface area contributed by atoms with Gasteiger partial charge < -0.3 is 9.47 Å². The van der Waals surface area contributed by atoms with Gasteiger partial charge in [0.15, 0.2) is 4.80 Å². The molecular weight excluding hydrogens is 492 g/mol. The number of carbonyl (C=O) groups is 1. The molecule has 2 aromatic carbocycles. The van der Waals surface area contributed by atoms with Gasteiger partial charge in [0.05, 0.1) is 35.6 Å². The molecule has 1 aliphatic heterocycles. The standard InChI is InChI=1S/C24H21BrN2O4S/c1-4-31-23(29)20-14(2)26-24-27(21(20)16-6-5-7-17(25)13-16)22(28)19(32-24)12-15-8-10-18(30-3)11-9-15/h5-13,21H,4H2,1-3H3. The number of halogens is 1. The first-order valence-electron chi connectivity index (χ1n) is 10.0. The molecule has 0 bridgehead atoms. The van der Waals surface area contributed by atoms with Crippen molar-refractivity contribution in [2.75, 3.05) is 13.7 Å². The van der Waals surface area contributed by atoms with Gasteiger partial charge in [-0.2, -0.15) is 0 Å². The van der Waals surface area contributed by atoms with E-state index in [0.717, 1.165) is 21.3 Å². The van der Waals surface area contributed by atoms with Gasteiger partial charge in [0, 0.05) is 4.47 Å². The minimum absolute atomic E-state index is 0.205. The lowest BCUT2D eigenvalue weighted by atomic mass is 9.96. The normalized spacial score (nSPS) is 15.9. The fourth-order valence-electron chi connectivity index (χ4n) is 3.64. The van der Waals surface area contributed by atoms with Crippen LogP contribution in [0.25, 0.3) is 6.08 Å². The van der Waals surface area contributed by atoms with Gasteiger partial charge in [0.1, 0.15) is 5.75 Å². The summed E-state index contributed by atoms with van der Waals surface area (Å²) >= 11 is 4.79. The molecule has 6 nitrogen and oxygen atoms in total. The molecule has 164 valence electrons. The van der Waals surface area contributed by atoms with Gasteiger partial charge in [-0.25, -0.2) is 9.79 Å². The number of carbonyl (C=O) groups excluding carboxylic acids is 1. The Kier molecular flexibility index (Phi) is 6.43. The van der Waals surface area contributed by atoms with E-state index in [1.54, 1.807) is 25.5 Å². The van der Waals surface area contributed by atoms with Gasteiger partial charge >= 0.3 is 5.97 Å². The number of methoxy groups -OCH3 is 1. The van der Waals surface area contributed by atoms with E-state index in [1.165, 1.54) is 11.3 Å². The summed E-state index contributed by atoms with van der Waals surface area (Å²) in [4.78, 5) is 31.5. The lowest BCUT2D eigenvalue weighted by Gasteiger charge is -2.24. The van der Waals surface area contributed by atoms with E-state index in [0.29, 0.717) is 20.6 Å². The fourth-order valence-corrected chi connectivity index (χ4v) is 5.10. The number of allylic oxidation sites excluding steroid dienone is 1. The van der Waals surface area contributed by atoms with Crippen LogP contribution in [0.5, 0.6) is 5.75 Å². The molecule has 1 unspecified atom stereocenters. The number of hydrogen-bond acceptors (Lipinski definition) is 6. The zero-order chi connectivity index (χ0) is 22.8. The third-order valence-electron chi connectivity index (χ3n) is 5.10. The quantitative estimate of drug-likeness (QED) is 0.490. The van der Waals surface area contributed by atoms with E-state index < -0.39 is 12.0 Å². The first kappa shape index (κ1) is 22.2. The summed E-state index contributed by atoms with van der Waals surface area (Å²) in [7, 11) is 1.61. The van der Waals surface area contributed by atoms with Crippen LogP contribution in [-0.4, -0.2) is 24.3 Å². The van der Waals surface area contributed by atoms with Gasteiger partial charge in [0.2, 0.25) is 0 Å². The second-order valence-electron chi connectivity index (χ2n) is 7.13. The summed E-state index contributed by atoms with van der Waals surface area (Å²) in [6.45, 7) is 3.77. The second-order valence-corrected chi connectivity index (χ2v) is 9.06. The lowest BCUT2D eigenvalue weighted by molar-refractivity contribution is -0.139. The van der Waals surface area contributed by atoms with Crippen molar-refractivity contribution in [2.24, 2.45) is 4.99 Å². The van der Waals surface area contributed by atoms with Crippen LogP contribution in [-0.2, 0) is 9.53 Å². The highest BCUT2D eigenvalue weighted by Gasteiger charge is 2.33. The van der Waals surface area contributed by atoms with Crippen molar-refractivity contribution in [3.05, 3.63) is 95.1 Å². The van der Waals surface area contributed by atoms with E-state index in [4.69, 9.17) is 9.47 Å². The molecule has 1 atom stereocenters. The smallest absolute Gasteiger partial charge is 0.338 e. The first-order valence-corrected chi connectivity index (χ1v) is 11.6. The average Bonchev–Trinajstić information content (AvgIpc) is 3.08. The fraction of sp³-hybridized carbons (Fsp3) is 0.208. The van der Waals surface area contributed by atoms with Crippen molar-refractivity contribution in [1.82, 2.24) is 4.57 Å². The van der Waals surface area contributed by atoms with Crippen LogP contribution >= 0.6 is 27.3 Å². The first-order chi connectivity index (χ1) is 15.4. The van der Waals surface area contributed by atoms with Crippen LogP contribution in [0.1, 0.15) is 31.0 Å². The van der Waals surface area contributed by atoms with Crippen molar-refractivity contribution in [3.8, 4) is 5.75 Å². The highest BCUT2D eigenvalue weighted by Crippen LogP contribution is 2.31. The van der Waals surface area contributed by atoms with Gasteiger partial charge in [-0.3, -0.25) is 9.36 Å². The molecule has 0 saturated carbocycles. The number of nitrogens with zero attached hydrogens (tertiary/aromatic N) is 2. The van der Waals surface area contributed by atoms with Crippen molar-refractivity contribution < 1.29 is 14.3 Å². The van der Waals surface area contributed by atoms with Gasteiger partial charge in [-0.05, 0) is 55.3 Å². The van der Waals surface area contributed by atoms with E-state index in [-0.39, 0.29) is 12.2 Å². The zero-order valence-corrected chi connectivity index (χ0v) is 20.2. The van der Waals surface area contributed by atoms with Crippen LogP contribution < -0.4 is 19.6 Å². The van der Waals surface area contributed by atoms with Crippen molar-refractivity contribution >= 4 is 39.3 Å². The summed E-state index contributed by atoms with van der Waals surface area (Å²) in [6, 6.07) is 14.4. The Balaban J connectivity index is 1.93. The Morgan fingerprint density at radius 1 is 1.25 bits per heavy atom. The number of rotatable bonds is 5. The molecule has 8 heteroatoms. The van der Waals surface area contributed by atoms with E-state index >= 15 is 0 Å². The van der Waals surface area contributed by atoms with Crippen molar-refractivity contribution in [3.63, 3.8) is 0 Å². The molecule has 32 heavy (non-hydrogen) atoms. The number of hydrogen-bond donors (Lipinski definition) is 0. The number of fused-ring (bicyclic) bond motifs is 1. The third-order valence-corrected chi connectivity index (χ3v) is 6.57. The Morgan fingerprint density at radius 3 is 2.66 bits per heavy atom. The van der Waals surface area contributed by atoms with Crippen LogP contribution in [0.2, 0.25) is 0 Å². The molecule has 0 radical (unpaired) electrons. The minimum Gasteiger partial charge on any atom is -0.497 e. The summed E-state index contributed by atoms with van der Waals surface area (Å²) in [5.41, 5.74) is 2.38. The largest absolute Gasteiger partial charge is 0.497 e. The molecule has 0 N–H and O–H groups in total. The Labute approximate surface area is 197 Å². The van der Waals surface area contributed by atoms with Crippen LogP contribution in [0.3, 0.4) is 0 Å². The number of thiazole rings is 1. The molecular formula is C24H21BrN2O4S. The monoisotopic (exact) mass is 512 g/mol. The number of ether oxygens (including phenoxy) is 2. The number of benzene rings is 2.